The molecule has 0 rings (SSSR count). The molecule has 7 nitrogen and oxygen atoms in total. The van der Waals surface area contributed by atoms with E-state index in [9.17, 15) is 19.5 Å². The van der Waals surface area contributed by atoms with Crippen molar-refractivity contribution in [1.29, 1.82) is 0 Å². The largest absolute Gasteiger partial charge is 0.550 e. The second-order valence-corrected chi connectivity index (χ2v) is 5.67. The van der Waals surface area contributed by atoms with Crippen molar-refractivity contribution < 1.29 is 33.8 Å². The second kappa shape index (κ2) is 7.64. The number of ether oxygens (including phenoxy) is 1. The number of carbonyl (C=O) groups is 3. The van der Waals surface area contributed by atoms with Crippen LogP contribution < -0.4 is 5.11 Å². The summed E-state index contributed by atoms with van der Waals surface area (Å²) >= 11 is 0. The topological polar surface area (TPSA) is 104 Å². The highest BCUT2D eigenvalue weighted by Crippen LogP contribution is 2.07. The zero-order chi connectivity index (χ0) is 15.9. The minimum atomic E-state index is -1.30. The molecule has 0 radical (unpaired) electrons. The Morgan fingerprint density at radius 2 is 1.85 bits per heavy atom. The standard InChI is InChI=1S/C13H21NO6/c1-9(5-11(15)16)6-13(19)20-10(7-12(17)18)8-14(2,3)4/h6,10H,5,7-8H2,1-4H3,(H-,15,16,17,18)/b9-6+. The third-order valence-corrected chi connectivity index (χ3v) is 2.22. The summed E-state index contributed by atoms with van der Waals surface area (Å²) in [5.41, 5.74) is 0.333. The quantitative estimate of drug-likeness (QED) is 0.355. The molecule has 1 N–H and O–H groups in total. The summed E-state index contributed by atoms with van der Waals surface area (Å²) in [5, 5.41) is 19.2. The molecule has 0 spiro atoms. The lowest BCUT2D eigenvalue weighted by Gasteiger charge is -2.29. The molecule has 20 heavy (non-hydrogen) atoms. The fourth-order valence-corrected chi connectivity index (χ4v) is 1.63. The van der Waals surface area contributed by atoms with Crippen LogP contribution in [0.15, 0.2) is 11.6 Å². The second-order valence-electron chi connectivity index (χ2n) is 5.67. The van der Waals surface area contributed by atoms with E-state index in [0.717, 1.165) is 6.08 Å². The van der Waals surface area contributed by atoms with Crippen molar-refractivity contribution in [3.8, 4) is 0 Å². The van der Waals surface area contributed by atoms with E-state index in [2.05, 4.69) is 0 Å². The van der Waals surface area contributed by atoms with E-state index in [4.69, 9.17) is 9.84 Å². The van der Waals surface area contributed by atoms with Crippen molar-refractivity contribution in [1.82, 2.24) is 0 Å². The molecule has 7 heteroatoms. The van der Waals surface area contributed by atoms with E-state index < -0.39 is 30.4 Å². The average molecular weight is 287 g/mol. The lowest BCUT2D eigenvalue weighted by molar-refractivity contribution is -0.873. The molecule has 0 heterocycles. The van der Waals surface area contributed by atoms with Gasteiger partial charge in [-0.15, -0.1) is 0 Å². The van der Waals surface area contributed by atoms with E-state index in [1.807, 2.05) is 21.1 Å². The highest BCUT2D eigenvalue weighted by molar-refractivity contribution is 5.84. The minimum absolute atomic E-state index is 0.268. The number of esters is 1. The van der Waals surface area contributed by atoms with Gasteiger partial charge in [0.1, 0.15) is 6.54 Å². The molecule has 1 atom stereocenters. The molecule has 0 aromatic heterocycles. The van der Waals surface area contributed by atoms with Gasteiger partial charge < -0.3 is 24.2 Å². The van der Waals surface area contributed by atoms with E-state index in [0.29, 0.717) is 16.6 Å². The third-order valence-electron chi connectivity index (χ3n) is 2.22. The molecule has 0 amide bonds. The van der Waals surface area contributed by atoms with E-state index >= 15 is 0 Å². The number of quaternary nitrogens is 1. The van der Waals surface area contributed by atoms with Gasteiger partial charge in [0.2, 0.25) is 0 Å². The van der Waals surface area contributed by atoms with Gasteiger partial charge in [-0.05, 0) is 6.92 Å². The predicted molar refractivity (Wildman–Crippen MR) is 68.4 cm³/mol. The number of aliphatic carboxylic acids is 2. The fraction of sp³-hybridized carbons (Fsp3) is 0.615. The number of hydrogen-bond acceptors (Lipinski definition) is 5. The van der Waals surface area contributed by atoms with Crippen LogP contribution in [0.2, 0.25) is 0 Å². The van der Waals surface area contributed by atoms with Crippen molar-refractivity contribution in [3.63, 3.8) is 0 Å². The fourth-order valence-electron chi connectivity index (χ4n) is 1.63. The van der Waals surface area contributed by atoms with Crippen molar-refractivity contribution in [2.45, 2.75) is 25.9 Å². The van der Waals surface area contributed by atoms with Gasteiger partial charge in [0.15, 0.2) is 6.10 Å². The van der Waals surface area contributed by atoms with Crippen LogP contribution in [0.4, 0.5) is 0 Å². The molecule has 0 fully saturated rings. The van der Waals surface area contributed by atoms with Gasteiger partial charge in [-0.3, -0.25) is 4.79 Å². The molecule has 0 bridgehead atoms. The van der Waals surface area contributed by atoms with Crippen LogP contribution in [0.25, 0.3) is 0 Å². The number of nitrogens with zero attached hydrogens (tertiary/aromatic N) is 1. The van der Waals surface area contributed by atoms with Crippen LogP contribution in [0.1, 0.15) is 19.8 Å². The maximum atomic E-state index is 11.6. The number of likely N-dealkylation sites (N-methyl/N-ethyl adjacent to an activating group) is 1. The first-order chi connectivity index (χ1) is 8.99. The molecule has 0 aromatic rings. The van der Waals surface area contributed by atoms with Gasteiger partial charge in [-0.2, -0.15) is 0 Å². The zero-order valence-electron chi connectivity index (χ0n) is 12.2. The number of carboxylic acid groups (broad SMARTS) is 2. The Balaban J connectivity index is 4.68. The summed E-state index contributed by atoms with van der Waals surface area (Å²) in [6, 6.07) is 0. The summed E-state index contributed by atoms with van der Waals surface area (Å²) in [5.74, 6) is -3.10. The molecule has 0 saturated carbocycles. The number of carbonyl (C=O) groups excluding carboxylic acids is 2. The number of carboxylic acids is 2. The third kappa shape index (κ3) is 10.1. The monoisotopic (exact) mass is 287 g/mol. The van der Waals surface area contributed by atoms with Crippen LogP contribution in [0, 0.1) is 0 Å². The maximum absolute atomic E-state index is 11.6. The first-order valence-corrected chi connectivity index (χ1v) is 6.09. The molecular weight excluding hydrogens is 266 g/mol. The average Bonchev–Trinajstić information content (AvgIpc) is 2.09. The van der Waals surface area contributed by atoms with E-state index in [1.165, 1.54) is 6.92 Å². The Morgan fingerprint density at radius 3 is 2.25 bits per heavy atom. The molecular formula is C13H21NO6. The van der Waals surface area contributed by atoms with Gasteiger partial charge >= 0.3 is 11.9 Å². The Labute approximate surface area is 118 Å². The molecule has 0 aliphatic carbocycles. The first kappa shape index (κ1) is 18.1. The van der Waals surface area contributed by atoms with E-state index in [-0.39, 0.29) is 6.42 Å². The predicted octanol–water partition coefficient (Wildman–Crippen LogP) is -0.835. The molecule has 114 valence electrons. The van der Waals surface area contributed by atoms with Crippen LogP contribution in [-0.2, 0) is 19.1 Å². The first-order valence-electron chi connectivity index (χ1n) is 6.09. The molecule has 0 saturated heterocycles. The Bertz CT molecular complexity index is 408. The Hall–Kier alpha value is -1.89. The zero-order valence-corrected chi connectivity index (χ0v) is 12.2. The van der Waals surface area contributed by atoms with Crippen molar-refractivity contribution in [2.24, 2.45) is 0 Å². The lowest BCUT2D eigenvalue weighted by atomic mass is 10.2. The lowest BCUT2D eigenvalue weighted by Crippen LogP contribution is -2.45. The Morgan fingerprint density at radius 1 is 1.30 bits per heavy atom. The van der Waals surface area contributed by atoms with Crippen LogP contribution >= 0.6 is 0 Å². The van der Waals surface area contributed by atoms with Crippen molar-refractivity contribution in [3.05, 3.63) is 11.6 Å². The summed E-state index contributed by atoms with van der Waals surface area (Å²) in [4.78, 5) is 32.7. The number of rotatable bonds is 8. The van der Waals surface area contributed by atoms with E-state index in [1.54, 1.807) is 0 Å². The van der Waals surface area contributed by atoms with Crippen LogP contribution in [0.3, 0.4) is 0 Å². The highest BCUT2D eigenvalue weighted by atomic mass is 16.5. The normalized spacial score (nSPS) is 13.7. The summed E-state index contributed by atoms with van der Waals surface area (Å²) in [7, 11) is 5.50. The molecule has 0 aromatic carbocycles. The Kier molecular flexibility index (Phi) is 6.92. The van der Waals surface area contributed by atoms with Gasteiger partial charge in [0, 0.05) is 18.5 Å². The highest BCUT2D eigenvalue weighted by Gasteiger charge is 2.21. The van der Waals surface area contributed by atoms with Crippen LogP contribution in [-0.4, -0.2) is 61.3 Å². The smallest absolute Gasteiger partial charge is 0.331 e. The van der Waals surface area contributed by atoms with Crippen molar-refractivity contribution in [2.75, 3.05) is 27.7 Å². The summed E-state index contributed by atoms with van der Waals surface area (Å²) < 4.78 is 5.46. The van der Waals surface area contributed by atoms with Crippen LogP contribution in [0.5, 0.6) is 0 Å². The number of hydrogen-bond donors (Lipinski definition) is 1. The van der Waals surface area contributed by atoms with Gasteiger partial charge in [-0.25, -0.2) is 4.79 Å². The molecule has 0 aliphatic rings. The SMILES string of the molecule is C/C(=C\C(=O)OC(CC(=O)[O-])C[N+](C)(C)C)CC(=O)O. The minimum Gasteiger partial charge on any atom is -0.550 e. The van der Waals surface area contributed by atoms with Gasteiger partial charge in [0.25, 0.3) is 0 Å². The molecule has 1 unspecified atom stereocenters. The molecule has 0 aliphatic heterocycles. The summed E-state index contributed by atoms with van der Waals surface area (Å²) in [6.45, 7) is 1.80. The maximum Gasteiger partial charge on any atom is 0.331 e. The van der Waals surface area contributed by atoms with Crippen molar-refractivity contribution >= 4 is 17.9 Å². The summed E-state index contributed by atoms with van der Waals surface area (Å²) in [6.07, 6.45) is -0.421. The van der Waals surface area contributed by atoms with Gasteiger partial charge in [0.05, 0.1) is 27.6 Å². The van der Waals surface area contributed by atoms with Gasteiger partial charge in [-0.1, -0.05) is 5.57 Å².